The number of benzene rings is 1. The number of rotatable bonds is 3. The quantitative estimate of drug-likeness (QED) is 0.820. The monoisotopic (exact) mass is 422 g/mol. The summed E-state index contributed by atoms with van der Waals surface area (Å²) in [5.41, 5.74) is 0.839. The first-order valence-electron chi connectivity index (χ1n) is 9.55. The fraction of sp³-hybridized carbons (Fsp3) is 0.400. The van der Waals surface area contributed by atoms with E-state index in [2.05, 4.69) is 19.8 Å². The van der Waals surface area contributed by atoms with Gasteiger partial charge < -0.3 is 24.6 Å². The van der Waals surface area contributed by atoms with E-state index < -0.39 is 18.2 Å². The van der Waals surface area contributed by atoms with E-state index in [1.165, 1.54) is 12.3 Å². The minimum Gasteiger partial charge on any atom is -0.395 e. The van der Waals surface area contributed by atoms with Crippen LogP contribution in [0.5, 0.6) is 11.5 Å². The fourth-order valence-electron chi connectivity index (χ4n) is 3.78. The van der Waals surface area contributed by atoms with Gasteiger partial charge in [-0.25, -0.2) is 9.18 Å². The minimum atomic E-state index is -3.73. The van der Waals surface area contributed by atoms with Crippen LogP contribution in [0.1, 0.15) is 25.5 Å². The van der Waals surface area contributed by atoms with Gasteiger partial charge in [0.15, 0.2) is 17.3 Å². The van der Waals surface area contributed by atoms with E-state index in [1.807, 2.05) is 11.8 Å². The van der Waals surface area contributed by atoms with Crippen LogP contribution in [0, 0.1) is 5.82 Å². The number of fused-ring (bicyclic) bond motifs is 1. The van der Waals surface area contributed by atoms with Crippen molar-refractivity contribution in [2.45, 2.75) is 32.2 Å². The van der Waals surface area contributed by atoms with Crippen LogP contribution in [0.15, 0.2) is 36.7 Å². The van der Waals surface area contributed by atoms with Crippen molar-refractivity contribution < 1.29 is 27.4 Å². The Labute approximate surface area is 171 Å². The smallest absolute Gasteiger partial charge is 0.395 e. The van der Waals surface area contributed by atoms with Gasteiger partial charge in [-0.05, 0) is 26.0 Å². The molecule has 7 nitrogen and oxygen atoms in total. The summed E-state index contributed by atoms with van der Waals surface area (Å²) in [6.07, 6.45) is -1.04. The highest BCUT2D eigenvalue weighted by molar-refractivity contribution is 5.76. The van der Waals surface area contributed by atoms with Crippen molar-refractivity contribution in [1.82, 2.24) is 15.2 Å². The molecule has 2 aliphatic rings. The molecular formula is C20H21F3N4O3. The number of alkyl halides is 2. The van der Waals surface area contributed by atoms with E-state index in [4.69, 9.17) is 0 Å². The third kappa shape index (κ3) is 3.81. The molecular weight excluding hydrogens is 401 g/mol. The number of carbonyl (C=O) groups excluding carboxylic acids is 1. The molecule has 1 N–H and O–H groups in total. The molecule has 2 amide bonds. The van der Waals surface area contributed by atoms with E-state index in [1.54, 1.807) is 30.0 Å². The fourth-order valence-corrected chi connectivity index (χ4v) is 3.78. The number of piperazine rings is 1. The second-order valence-corrected chi connectivity index (χ2v) is 7.33. The maximum atomic E-state index is 14.0. The zero-order valence-electron chi connectivity index (χ0n) is 16.4. The average Bonchev–Trinajstić information content (AvgIpc) is 3.01. The summed E-state index contributed by atoms with van der Waals surface area (Å²) in [4.78, 5) is 20.1. The van der Waals surface area contributed by atoms with Crippen molar-refractivity contribution in [2.24, 2.45) is 0 Å². The largest absolute Gasteiger partial charge is 0.586 e. The van der Waals surface area contributed by atoms with Crippen LogP contribution in [-0.4, -0.2) is 47.9 Å². The van der Waals surface area contributed by atoms with Crippen LogP contribution in [-0.2, 0) is 0 Å². The van der Waals surface area contributed by atoms with Crippen LogP contribution in [0.4, 0.5) is 23.7 Å². The Bertz CT molecular complexity index is 959. The number of urea groups is 1. The molecule has 1 fully saturated rings. The van der Waals surface area contributed by atoms with E-state index in [0.29, 0.717) is 30.9 Å². The molecule has 2 aliphatic heterocycles. The van der Waals surface area contributed by atoms with Gasteiger partial charge in [0.05, 0.1) is 17.9 Å². The van der Waals surface area contributed by atoms with Gasteiger partial charge >= 0.3 is 12.3 Å². The number of hydrogen-bond acceptors (Lipinski definition) is 5. The number of aromatic nitrogens is 1. The van der Waals surface area contributed by atoms with Crippen LogP contribution < -0.4 is 19.7 Å². The number of amides is 2. The average molecular weight is 422 g/mol. The van der Waals surface area contributed by atoms with Gasteiger partial charge in [0.25, 0.3) is 0 Å². The highest BCUT2D eigenvalue weighted by Gasteiger charge is 2.45. The van der Waals surface area contributed by atoms with Crippen molar-refractivity contribution in [3.8, 4) is 11.5 Å². The van der Waals surface area contributed by atoms with Crippen LogP contribution in [0.2, 0.25) is 0 Å². The lowest BCUT2D eigenvalue weighted by molar-refractivity contribution is -0.287. The Morgan fingerprint density at radius 1 is 1.30 bits per heavy atom. The molecule has 0 unspecified atom stereocenters. The highest BCUT2D eigenvalue weighted by atomic mass is 19.3. The molecule has 10 heteroatoms. The Kier molecular flexibility index (Phi) is 5.08. The third-order valence-electron chi connectivity index (χ3n) is 5.25. The SMILES string of the molecule is C[C@@H]1CN(c2ccncc2F)CCN1C(=O)N[C@H](C)c1cccc2c1OC(F)(F)O2. The minimum absolute atomic E-state index is 0.0695. The molecule has 0 aliphatic carbocycles. The first-order valence-corrected chi connectivity index (χ1v) is 9.55. The van der Waals surface area contributed by atoms with E-state index in [0.717, 1.165) is 6.20 Å². The maximum Gasteiger partial charge on any atom is 0.586 e. The lowest BCUT2D eigenvalue weighted by Gasteiger charge is -2.41. The van der Waals surface area contributed by atoms with Crippen molar-refractivity contribution >= 4 is 11.7 Å². The number of carbonyl (C=O) groups is 1. The zero-order chi connectivity index (χ0) is 21.5. The predicted octanol–water partition coefficient (Wildman–Crippen LogP) is 3.52. The third-order valence-corrected chi connectivity index (χ3v) is 5.25. The number of anilines is 1. The number of nitrogens with zero attached hydrogens (tertiary/aromatic N) is 3. The van der Waals surface area contributed by atoms with Gasteiger partial charge in [-0.1, -0.05) is 12.1 Å². The number of halogens is 3. The van der Waals surface area contributed by atoms with Crippen molar-refractivity contribution in [1.29, 1.82) is 0 Å². The highest BCUT2D eigenvalue weighted by Crippen LogP contribution is 2.45. The second-order valence-electron chi connectivity index (χ2n) is 7.33. The molecule has 4 rings (SSSR count). The molecule has 2 atom stereocenters. The molecule has 1 saturated heterocycles. The summed E-state index contributed by atoms with van der Waals surface area (Å²) in [6, 6.07) is 5.03. The molecule has 0 radical (unpaired) electrons. The first kappa shape index (κ1) is 20.1. The van der Waals surface area contributed by atoms with Crippen molar-refractivity contribution in [3.63, 3.8) is 0 Å². The molecule has 0 saturated carbocycles. The summed E-state index contributed by atoms with van der Waals surface area (Å²) in [5, 5.41) is 2.82. The summed E-state index contributed by atoms with van der Waals surface area (Å²) in [6.45, 7) is 4.84. The predicted molar refractivity (Wildman–Crippen MR) is 102 cm³/mol. The van der Waals surface area contributed by atoms with Gasteiger partial charge in [-0.3, -0.25) is 4.98 Å². The van der Waals surface area contributed by atoms with Gasteiger partial charge in [0.1, 0.15) is 0 Å². The number of nitrogens with one attached hydrogen (secondary N) is 1. The normalized spacial score (nSPS) is 20.8. The number of ether oxygens (including phenoxy) is 2. The number of pyridine rings is 1. The molecule has 160 valence electrons. The first-order chi connectivity index (χ1) is 14.2. The Morgan fingerprint density at radius 3 is 2.83 bits per heavy atom. The molecule has 2 aromatic rings. The van der Waals surface area contributed by atoms with Crippen molar-refractivity contribution in [2.75, 3.05) is 24.5 Å². The van der Waals surface area contributed by atoms with E-state index >= 15 is 0 Å². The van der Waals surface area contributed by atoms with Crippen LogP contribution in [0.3, 0.4) is 0 Å². The summed E-state index contributed by atoms with van der Waals surface area (Å²) in [7, 11) is 0. The number of para-hydroxylation sites is 1. The number of hydrogen-bond donors (Lipinski definition) is 1. The standard InChI is InChI=1S/C20H21F3N4O3/c1-12-11-26(16-6-7-24-10-15(16)21)8-9-27(12)19(28)25-13(2)14-4-3-5-17-18(14)30-20(22,23)29-17/h3-7,10,12-13H,8-9,11H2,1-2H3,(H,25,28)/t12-,13-/m1/s1. The van der Waals surface area contributed by atoms with E-state index in [-0.39, 0.29) is 23.6 Å². The molecule has 0 bridgehead atoms. The second kappa shape index (κ2) is 7.58. The lowest BCUT2D eigenvalue weighted by atomic mass is 10.1. The summed E-state index contributed by atoms with van der Waals surface area (Å²) in [5.74, 6) is -0.561. The Balaban J connectivity index is 1.42. The van der Waals surface area contributed by atoms with Gasteiger partial charge in [-0.2, -0.15) is 0 Å². The van der Waals surface area contributed by atoms with Gasteiger partial charge in [0.2, 0.25) is 0 Å². The summed E-state index contributed by atoms with van der Waals surface area (Å²) >= 11 is 0. The van der Waals surface area contributed by atoms with Crippen LogP contribution in [0.25, 0.3) is 0 Å². The lowest BCUT2D eigenvalue weighted by Crippen LogP contribution is -2.57. The van der Waals surface area contributed by atoms with Crippen LogP contribution >= 0.6 is 0 Å². The zero-order valence-corrected chi connectivity index (χ0v) is 16.4. The van der Waals surface area contributed by atoms with Crippen molar-refractivity contribution in [3.05, 3.63) is 48.0 Å². The molecule has 0 spiro atoms. The van der Waals surface area contributed by atoms with Gasteiger partial charge in [-0.15, -0.1) is 8.78 Å². The summed E-state index contributed by atoms with van der Waals surface area (Å²) < 4.78 is 49.9. The molecule has 1 aromatic heterocycles. The van der Waals surface area contributed by atoms with Gasteiger partial charge in [0, 0.05) is 37.4 Å². The Hall–Kier alpha value is -3.17. The Morgan fingerprint density at radius 2 is 2.10 bits per heavy atom. The molecule has 1 aromatic carbocycles. The topological polar surface area (TPSA) is 66.9 Å². The molecule has 3 heterocycles. The molecule has 30 heavy (non-hydrogen) atoms. The van der Waals surface area contributed by atoms with E-state index in [9.17, 15) is 18.0 Å². The maximum absolute atomic E-state index is 14.0.